The fraction of sp³-hybridized carbons (Fsp3) is 0.500. The molecule has 0 fully saturated rings. The van der Waals surface area contributed by atoms with E-state index in [1.165, 1.54) is 3.70 Å². The van der Waals surface area contributed by atoms with Crippen LogP contribution in [0, 0.1) is 3.70 Å². The van der Waals surface area contributed by atoms with E-state index in [4.69, 9.17) is 0 Å². The highest BCUT2D eigenvalue weighted by Crippen LogP contribution is 2.08. The van der Waals surface area contributed by atoms with Gasteiger partial charge in [0.15, 0.2) is 0 Å². The van der Waals surface area contributed by atoms with Crippen LogP contribution >= 0.6 is 22.6 Å². The van der Waals surface area contributed by atoms with Gasteiger partial charge in [0.1, 0.15) is 0 Å². The van der Waals surface area contributed by atoms with Crippen LogP contribution in [0.1, 0.15) is 19.9 Å². The summed E-state index contributed by atoms with van der Waals surface area (Å²) in [5, 5.41) is 4.12. The number of halogens is 1. The van der Waals surface area contributed by atoms with Crippen molar-refractivity contribution in [3.8, 4) is 0 Å². The van der Waals surface area contributed by atoms with Crippen LogP contribution in [0.15, 0.2) is 12.3 Å². The molecule has 2 nitrogen and oxygen atoms in total. The minimum atomic E-state index is 0.479. The van der Waals surface area contributed by atoms with Crippen LogP contribution in [0.25, 0.3) is 0 Å². The van der Waals surface area contributed by atoms with Gasteiger partial charge in [-0.15, -0.1) is 0 Å². The van der Waals surface area contributed by atoms with E-state index in [1.807, 2.05) is 16.9 Å². The van der Waals surface area contributed by atoms with Crippen molar-refractivity contribution in [2.75, 3.05) is 0 Å². The van der Waals surface area contributed by atoms with E-state index in [0.29, 0.717) is 6.04 Å². The van der Waals surface area contributed by atoms with E-state index >= 15 is 0 Å². The molecule has 1 heterocycles. The van der Waals surface area contributed by atoms with Crippen LogP contribution < -0.4 is 0 Å². The topological polar surface area (TPSA) is 17.8 Å². The lowest BCUT2D eigenvalue weighted by Crippen LogP contribution is -2.03. The maximum absolute atomic E-state index is 4.12. The molecule has 0 aliphatic rings. The smallest absolute Gasteiger partial charge is 0.0992 e. The third-order valence-corrected chi connectivity index (χ3v) is 1.96. The molecule has 0 N–H and O–H groups in total. The van der Waals surface area contributed by atoms with Crippen molar-refractivity contribution in [3.05, 3.63) is 16.0 Å². The standard InChI is InChI=1S/C6H9IN2/c1-5(2)9-6(7)3-4-8-9/h3-5H,1-2H3. The van der Waals surface area contributed by atoms with E-state index in [0.717, 1.165) is 0 Å². The molecule has 0 spiro atoms. The van der Waals surface area contributed by atoms with Crippen molar-refractivity contribution in [1.82, 2.24) is 9.78 Å². The summed E-state index contributed by atoms with van der Waals surface area (Å²) < 4.78 is 3.18. The Labute approximate surface area is 68.4 Å². The first kappa shape index (κ1) is 7.05. The molecule has 0 unspecified atom stereocenters. The first-order valence-electron chi connectivity index (χ1n) is 2.91. The summed E-state index contributed by atoms with van der Waals surface area (Å²) in [6, 6.07) is 2.48. The Bertz CT molecular complexity index is 193. The average molecular weight is 236 g/mol. The normalized spacial score (nSPS) is 10.7. The van der Waals surface area contributed by atoms with Crippen molar-refractivity contribution in [1.29, 1.82) is 0 Å². The van der Waals surface area contributed by atoms with E-state index in [9.17, 15) is 0 Å². The Balaban J connectivity index is 2.94. The van der Waals surface area contributed by atoms with Gasteiger partial charge >= 0.3 is 0 Å². The second-order valence-corrected chi connectivity index (χ2v) is 3.30. The van der Waals surface area contributed by atoms with Gasteiger partial charge in [-0.25, -0.2) is 0 Å². The minimum absolute atomic E-state index is 0.479. The first-order valence-corrected chi connectivity index (χ1v) is 3.98. The summed E-state index contributed by atoms with van der Waals surface area (Å²) in [5.74, 6) is 0. The second kappa shape index (κ2) is 2.68. The summed E-state index contributed by atoms with van der Waals surface area (Å²) >= 11 is 2.27. The van der Waals surface area contributed by atoms with Gasteiger partial charge in [-0.2, -0.15) is 5.10 Å². The summed E-state index contributed by atoms with van der Waals surface area (Å²) in [4.78, 5) is 0. The molecule has 0 amide bonds. The molecule has 0 radical (unpaired) electrons. The molecular formula is C6H9IN2. The zero-order chi connectivity index (χ0) is 6.85. The van der Waals surface area contributed by atoms with Crippen molar-refractivity contribution >= 4 is 22.6 Å². The fourth-order valence-corrected chi connectivity index (χ4v) is 1.52. The van der Waals surface area contributed by atoms with Crippen molar-refractivity contribution < 1.29 is 0 Å². The van der Waals surface area contributed by atoms with Gasteiger partial charge in [-0.1, -0.05) is 0 Å². The molecule has 50 valence electrons. The quantitative estimate of drug-likeness (QED) is 0.682. The van der Waals surface area contributed by atoms with Crippen LogP contribution in [0.4, 0.5) is 0 Å². The van der Waals surface area contributed by atoms with Gasteiger partial charge in [0, 0.05) is 6.04 Å². The number of nitrogens with zero attached hydrogens (tertiary/aromatic N) is 2. The molecule has 1 aromatic heterocycles. The van der Waals surface area contributed by atoms with Gasteiger partial charge < -0.3 is 0 Å². The van der Waals surface area contributed by atoms with Crippen molar-refractivity contribution in [2.45, 2.75) is 19.9 Å². The van der Waals surface area contributed by atoms with Gasteiger partial charge in [0.25, 0.3) is 0 Å². The maximum Gasteiger partial charge on any atom is 0.0992 e. The molecule has 1 rings (SSSR count). The SMILES string of the molecule is CC(C)n1nccc1I. The van der Waals surface area contributed by atoms with Gasteiger partial charge in [-0.05, 0) is 42.5 Å². The van der Waals surface area contributed by atoms with Crippen molar-refractivity contribution in [2.24, 2.45) is 0 Å². The predicted molar refractivity (Wildman–Crippen MR) is 45.3 cm³/mol. The van der Waals surface area contributed by atoms with Gasteiger partial charge in [0.05, 0.1) is 9.90 Å². The summed E-state index contributed by atoms with van der Waals surface area (Å²) in [6.45, 7) is 4.24. The molecule has 0 aromatic carbocycles. The Kier molecular flexibility index (Phi) is 2.10. The van der Waals surface area contributed by atoms with E-state index in [-0.39, 0.29) is 0 Å². The third kappa shape index (κ3) is 1.44. The lowest BCUT2D eigenvalue weighted by Gasteiger charge is -2.05. The Morgan fingerprint density at radius 1 is 1.67 bits per heavy atom. The average Bonchev–Trinajstić information content (AvgIpc) is 2.13. The third-order valence-electron chi connectivity index (χ3n) is 1.11. The molecule has 0 aliphatic heterocycles. The zero-order valence-corrected chi connectivity index (χ0v) is 7.66. The van der Waals surface area contributed by atoms with E-state index < -0.39 is 0 Å². The number of aromatic nitrogens is 2. The molecule has 3 heteroatoms. The molecule has 0 atom stereocenters. The van der Waals surface area contributed by atoms with Crippen LogP contribution in [-0.2, 0) is 0 Å². The highest BCUT2D eigenvalue weighted by atomic mass is 127. The lowest BCUT2D eigenvalue weighted by atomic mass is 10.4. The molecule has 0 aliphatic carbocycles. The highest BCUT2D eigenvalue weighted by molar-refractivity contribution is 14.1. The Hall–Kier alpha value is -0.0600. The van der Waals surface area contributed by atoms with Crippen LogP contribution in [0.2, 0.25) is 0 Å². The highest BCUT2D eigenvalue weighted by Gasteiger charge is 1.99. The Morgan fingerprint density at radius 2 is 2.33 bits per heavy atom. The molecular weight excluding hydrogens is 227 g/mol. The van der Waals surface area contributed by atoms with Crippen molar-refractivity contribution in [3.63, 3.8) is 0 Å². The number of rotatable bonds is 1. The predicted octanol–water partition coefficient (Wildman–Crippen LogP) is 2.07. The molecule has 0 saturated heterocycles. The monoisotopic (exact) mass is 236 g/mol. The summed E-state index contributed by atoms with van der Waals surface area (Å²) in [5.41, 5.74) is 0. The number of hydrogen-bond donors (Lipinski definition) is 0. The fourth-order valence-electron chi connectivity index (χ4n) is 0.678. The second-order valence-electron chi connectivity index (χ2n) is 2.19. The van der Waals surface area contributed by atoms with Gasteiger partial charge in [-0.3, -0.25) is 4.68 Å². The van der Waals surface area contributed by atoms with Crippen LogP contribution in [0.3, 0.4) is 0 Å². The Morgan fingerprint density at radius 3 is 2.56 bits per heavy atom. The number of hydrogen-bond acceptors (Lipinski definition) is 1. The summed E-state index contributed by atoms with van der Waals surface area (Å²) in [7, 11) is 0. The summed E-state index contributed by atoms with van der Waals surface area (Å²) in [6.07, 6.45) is 1.82. The molecule has 0 saturated carbocycles. The van der Waals surface area contributed by atoms with E-state index in [2.05, 4.69) is 41.5 Å². The van der Waals surface area contributed by atoms with E-state index in [1.54, 1.807) is 0 Å². The van der Waals surface area contributed by atoms with Crippen LogP contribution in [0.5, 0.6) is 0 Å². The zero-order valence-electron chi connectivity index (χ0n) is 5.50. The molecule has 9 heavy (non-hydrogen) atoms. The van der Waals surface area contributed by atoms with Crippen LogP contribution in [-0.4, -0.2) is 9.78 Å². The first-order chi connectivity index (χ1) is 4.22. The minimum Gasteiger partial charge on any atom is -0.257 e. The largest absolute Gasteiger partial charge is 0.257 e. The lowest BCUT2D eigenvalue weighted by molar-refractivity contribution is 0.521. The molecule has 1 aromatic rings. The molecule has 0 bridgehead atoms. The maximum atomic E-state index is 4.12. The van der Waals surface area contributed by atoms with Gasteiger partial charge in [0.2, 0.25) is 0 Å².